The molecule has 0 bridgehead atoms. The van der Waals surface area contributed by atoms with Gasteiger partial charge in [-0.15, -0.1) is 0 Å². The van der Waals surface area contributed by atoms with Crippen LogP contribution in [0.4, 0.5) is 0 Å². The largest absolute Gasteiger partial charge is 0.275 e. The molecule has 6 heteroatoms. The molecule has 2 heterocycles. The van der Waals surface area contributed by atoms with Gasteiger partial charge in [0.25, 0.3) is 23.6 Å². The summed E-state index contributed by atoms with van der Waals surface area (Å²) in [6, 6.07) is 9.44. The molecule has 0 saturated heterocycles. The van der Waals surface area contributed by atoms with Crippen molar-refractivity contribution >= 4 is 23.6 Å². The average Bonchev–Trinajstić information content (AvgIpc) is 3.31. The first kappa shape index (κ1) is 26.2. The number of hydrogen-bond acceptors (Lipinski definition) is 4. The molecule has 2 aliphatic rings. The van der Waals surface area contributed by atoms with E-state index in [0.29, 0.717) is 13.1 Å². The highest BCUT2D eigenvalue weighted by Crippen LogP contribution is 2.12. The van der Waals surface area contributed by atoms with Gasteiger partial charge in [0.15, 0.2) is 0 Å². The molecule has 0 fully saturated rings. The Morgan fingerprint density at radius 3 is 1.45 bits per heavy atom. The van der Waals surface area contributed by atoms with Crippen LogP contribution in [-0.2, 0) is 25.7 Å². The van der Waals surface area contributed by atoms with E-state index in [2.05, 4.69) is 6.92 Å². The zero-order chi connectivity index (χ0) is 23.9. The predicted molar refractivity (Wildman–Crippen MR) is 129 cm³/mol. The Hall–Kier alpha value is -3.02. The first-order valence-electron chi connectivity index (χ1n) is 12.1. The summed E-state index contributed by atoms with van der Waals surface area (Å²) in [6.45, 7) is 3.18. The summed E-state index contributed by atoms with van der Waals surface area (Å²) in [5.41, 5.74) is 0.956. The summed E-state index contributed by atoms with van der Waals surface area (Å²) in [5.74, 6) is -0.778. The standard InChI is InChI=1S/C16H27NO2.C11H9NO2/c1-2-3-4-5-6-7-8-9-10-11-14-17-15(18)12-13-16(17)19;13-10-6-7-11(14)12(10)8-9-4-2-1-3-5-9/h12-13H,2-11,14H2,1H3;1-7H,8H2. The van der Waals surface area contributed by atoms with Crippen LogP contribution >= 0.6 is 0 Å². The predicted octanol–water partition coefficient (Wildman–Crippen LogP) is 4.94. The maximum absolute atomic E-state index is 11.3. The van der Waals surface area contributed by atoms with Gasteiger partial charge < -0.3 is 0 Å². The third-order valence-corrected chi connectivity index (χ3v) is 5.72. The van der Waals surface area contributed by atoms with Gasteiger partial charge in [-0.2, -0.15) is 0 Å². The van der Waals surface area contributed by atoms with Crippen molar-refractivity contribution in [3.05, 3.63) is 60.2 Å². The van der Waals surface area contributed by atoms with E-state index < -0.39 is 0 Å². The number of rotatable bonds is 13. The number of benzene rings is 1. The van der Waals surface area contributed by atoms with Gasteiger partial charge in [-0.25, -0.2) is 0 Å². The van der Waals surface area contributed by atoms with Crippen molar-refractivity contribution in [1.29, 1.82) is 0 Å². The lowest BCUT2D eigenvalue weighted by molar-refractivity contribution is -0.138. The van der Waals surface area contributed by atoms with Crippen LogP contribution in [0.2, 0.25) is 0 Å². The molecule has 0 aliphatic carbocycles. The minimum Gasteiger partial charge on any atom is -0.275 e. The second-order valence-corrected chi connectivity index (χ2v) is 8.42. The maximum Gasteiger partial charge on any atom is 0.253 e. The zero-order valence-corrected chi connectivity index (χ0v) is 19.7. The van der Waals surface area contributed by atoms with Crippen LogP contribution in [0.25, 0.3) is 0 Å². The van der Waals surface area contributed by atoms with E-state index in [4.69, 9.17) is 0 Å². The first-order chi connectivity index (χ1) is 16.0. The van der Waals surface area contributed by atoms with E-state index in [9.17, 15) is 19.2 Å². The van der Waals surface area contributed by atoms with E-state index in [1.54, 1.807) is 0 Å². The van der Waals surface area contributed by atoms with Gasteiger partial charge >= 0.3 is 0 Å². The first-order valence-corrected chi connectivity index (χ1v) is 12.1. The smallest absolute Gasteiger partial charge is 0.253 e. The molecule has 1 aromatic rings. The number of amides is 4. The van der Waals surface area contributed by atoms with Crippen LogP contribution in [0.1, 0.15) is 76.7 Å². The van der Waals surface area contributed by atoms with Crippen LogP contribution in [0.5, 0.6) is 0 Å². The summed E-state index contributed by atoms with van der Waals surface area (Å²) in [4.78, 5) is 47.6. The lowest BCUT2D eigenvalue weighted by atomic mass is 10.1. The highest BCUT2D eigenvalue weighted by Gasteiger charge is 2.23. The van der Waals surface area contributed by atoms with Crippen LogP contribution in [0.3, 0.4) is 0 Å². The minimum atomic E-state index is -0.237. The summed E-state index contributed by atoms with van der Waals surface area (Å²) < 4.78 is 0. The Labute approximate surface area is 197 Å². The lowest BCUT2D eigenvalue weighted by Gasteiger charge is -2.13. The molecular weight excluding hydrogens is 416 g/mol. The normalized spacial score (nSPS) is 14.9. The molecule has 33 heavy (non-hydrogen) atoms. The molecule has 4 amide bonds. The second-order valence-electron chi connectivity index (χ2n) is 8.42. The van der Waals surface area contributed by atoms with Crippen molar-refractivity contribution in [2.45, 2.75) is 77.7 Å². The highest BCUT2D eigenvalue weighted by molar-refractivity contribution is 6.13. The van der Waals surface area contributed by atoms with Crippen molar-refractivity contribution in [3.63, 3.8) is 0 Å². The average molecular weight is 453 g/mol. The van der Waals surface area contributed by atoms with Crippen LogP contribution < -0.4 is 0 Å². The summed E-state index contributed by atoms with van der Waals surface area (Å²) in [5, 5.41) is 0. The van der Waals surface area contributed by atoms with Gasteiger partial charge in [0.1, 0.15) is 0 Å². The Bertz CT molecular complexity index is 809. The van der Waals surface area contributed by atoms with Crippen molar-refractivity contribution in [2.75, 3.05) is 6.54 Å². The molecule has 3 rings (SSSR count). The van der Waals surface area contributed by atoms with E-state index in [1.807, 2.05) is 30.3 Å². The van der Waals surface area contributed by atoms with Gasteiger partial charge in [0, 0.05) is 30.8 Å². The quantitative estimate of drug-likeness (QED) is 0.314. The molecule has 0 aromatic heterocycles. The van der Waals surface area contributed by atoms with E-state index in [-0.39, 0.29) is 23.6 Å². The number of nitrogens with zero attached hydrogens (tertiary/aromatic N) is 2. The molecule has 178 valence electrons. The molecule has 0 radical (unpaired) electrons. The maximum atomic E-state index is 11.3. The Kier molecular flexibility index (Phi) is 11.9. The summed E-state index contributed by atoms with van der Waals surface area (Å²) in [6.07, 6.45) is 18.0. The molecule has 0 N–H and O–H groups in total. The van der Waals surface area contributed by atoms with Crippen LogP contribution in [0, 0.1) is 0 Å². The molecule has 0 saturated carbocycles. The summed E-state index contributed by atoms with van der Waals surface area (Å²) in [7, 11) is 0. The van der Waals surface area contributed by atoms with Gasteiger partial charge in [0.2, 0.25) is 0 Å². The van der Waals surface area contributed by atoms with E-state index in [1.165, 1.54) is 85.5 Å². The fourth-order valence-corrected chi connectivity index (χ4v) is 3.76. The third-order valence-electron chi connectivity index (χ3n) is 5.72. The Morgan fingerprint density at radius 2 is 0.970 bits per heavy atom. The van der Waals surface area contributed by atoms with Gasteiger partial charge in [-0.05, 0) is 12.0 Å². The number of unbranched alkanes of at least 4 members (excludes halogenated alkanes) is 9. The minimum absolute atomic E-state index is 0.152. The molecule has 0 unspecified atom stereocenters. The molecule has 2 aliphatic heterocycles. The molecule has 0 spiro atoms. The fourth-order valence-electron chi connectivity index (χ4n) is 3.76. The number of carbonyl (C=O) groups excluding carboxylic acids is 4. The molecule has 0 atom stereocenters. The topological polar surface area (TPSA) is 74.8 Å². The van der Waals surface area contributed by atoms with Crippen LogP contribution in [-0.4, -0.2) is 40.0 Å². The van der Waals surface area contributed by atoms with Gasteiger partial charge in [-0.1, -0.05) is 95.0 Å². The number of carbonyl (C=O) groups is 4. The third kappa shape index (κ3) is 9.56. The Balaban J connectivity index is 0.000000243. The van der Waals surface area contributed by atoms with Crippen molar-refractivity contribution < 1.29 is 19.2 Å². The molecule has 1 aromatic carbocycles. The lowest BCUT2D eigenvalue weighted by Crippen LogP contribution is -2.30. The second kappa shape index (κ2) is 14.9. The molecule has 6 nitrogen and oxygen atoms in total. The van der Waals surface area contributed by atoms with Gasteiger partial charge in [0.05, 0.1) is 6.54 Å². The zero-order valence-electron chi connectivity index (χ0n) is 19.7. The molecular formula is C27H36N2O4. The van der Waals surface area contributed by atoms with Crippen molar-refractivity contribution in [2.24, 2.45) is 0 Å². The fraction of sp³-hybridized carbons (Fsp3) is 0.481. The van der Waals surface area contributed by atoms with Crippen molar-refractivity contribution in [3.8, 4) is 0 Å². The number of hydrogen-bond donors (Lipinski definition) is 0. The van der Waals surface area contributed by atoms with Gasteiger partial charge in [-0.3, -0.25) is 29.0 Å². The van der Waals surface area contributed by atoms with Crippen molar-refractivity contribution in [1.82, 2.24) is 9.80 Å². The van der Waals surface area contributed by atoms with Crippen LogP contribution in [0.15, 0.2) is 54.6 Å². The number of imide groups is 2. The monoisotopic (exact) mass is 452 g/mol. The summed E-state index contributed by atoms with van der Waals surface area (Å²) >= 11 is 0. The highest BCUT2D eigenvalue weighted by atomic mass is 16.2. The van der Waals surface area contributed by atoms with E-state index >= 15 is 0 Å². The Morgan fingerprint density at radius 1 is 0.545 bits per heavy atom. The van der Waals surface area contributed by atoms with E-state index in [0.717, 1.165) is 18.4 Å². The SMILES string of the molecule is CCCCCCCCCCCCN1C(=O)C=CC1=O.O=C1C=CC(=O)N1Cc1ccccc1.